The first-order valence-corrected chi connectivity index (χ1v) is 3.29. The van der Waals surface area contributed by atoms with Crippen molar-refractivity contribution in [3.63, 3.8) is 0 Å². The van der Waals surface area contributed by atoms with Crippen molar-refractivity contribution in [3.05, 3.63) is 18.0 Å². The molecule has 0 saturated heterocycles. The second-order valence-electron chi connectivity index (χ2n) is 2.16. The number of nitrogens with zero attached hydrogens (tertiary/aromatic N) is 1. The van der Waals surface area contributed by atoms with E-state index in [2.05, 4.69) is 6.92 Å². The van der Waals surface area contributed by atoms with E-state index in [1.165, 1.54) is 0 Å². The van der Waals surface area contributed by atoms with Crippen molar-refractivity contribution in [2.75, 3.05) is 0 Å². The lowest BCUT2D eigenvalue weighted by molar-refractivity contribution is -0.864. The van der Waals surface area contributed by atoms with Crippen molar-refractivity contribution in [3.8, 4) is 0 Å². The SMILES string of the molecule is CCC[n+]1ccc(C)o1. The zero-order chi connectivity index (χ0) is 6.69. The second-order valence-corrected chi connectivity index (χ2v) is 2.16. The van der Waals surface area contributed by atoms with Gasteiger partial charge in [-0.05, 0) is 4.74 Å². The van der Waals surface area contributed by atoms with Crippen LogP contribution in [-0.2, 0) is 6.54 Å². The Morgan fingerprint density at radius 2 is 2.44 bits per heavy atom. The fourth-order valence-electron chi connectivity index (χ4n) is 0.774. The second kappa shape index (κ2) is 2.67. The molecule has 0 unspecified atom stereocenters. The molecule has 50 valence electrons. The monoisotopic (exact) mass is 126 g/mol. The van der Waals surface area contributed by atoms with Crippen LogP contribution in [0.5, 0.6) is 0 Å². The molecule has 9 heavy (non-hydrogen) atoms. The average Bonchev–Trinajstić information content (AvgIpc) is 2.17. The normalized spacial score (nSPS) is 10.0. The zero-order valence-electron chi connectivity index (χ0n) is 5.92. The van der Waals surface area contributed by atoms with Crippen LogP contribution >= 0.6 is 0 Å². The highest BCUT2D eigenvalue weighted by Gasteiger charge is 2.01. The van der Waals surface area contributed by atoms with E-state index < -0.39 is 0 Å². The summed E-state index contributed by atoms with van der Waals surface area (Å²) in [6.07, 6.45) is 3.08. The Labute approximate surface area is 55.1 Å². The topological polar surface area (TPSA) is 17.0 Å². The molecule has 0 bridgehead atoms. The minimum absolute atomic E-state index is 0.975. The molecule has 0 radical (unpaired) electrons. The molecule has 0 fully saturated rings. The third-order valence-electron chi connectivity index (χ3n) is 1.18. The van der Waals surface area contributed by atoms with E-state index in [0.29, 0.717) is 0 Å². The maximum atomic E-state index is 5.24. The van der Waals surface area contributed by atoms with Gasteiger partial charge in [-0.15, -0.1) is 0 Å². The van der Waals surface area contributed by atoms with E-state index in [-0.39, 0.29) is 0 Å². The van der Waals surface area contributed by atoms with E-state index in [0.717, 1.165) is 18.7 Å². The molecule has 1 heterocycles. The molecule has 0 amide bonds. The van der Waals surface area contributed by atoms with Gasteiger partial charge in [0.2, 0.25) is 6.20 Å². The van der Waals surface area contributed by atoms with Crippen LogP contribution in [0.25, 0.3) is 0 Å². The van der Waals surface area contributed by atoms with E-state index >= 15 is 0 Å². The lowest BCUT2D eigenvalue weighted by atomic mass is 10.5. The molecule has 0 N–H and O–H groups in total. The molecule has 2 nitrogen and oxygen atoms in total. The molecule has 1 rings (SSSR count). The fraction of sp³-hybridized carbons (Fsp3) is 0.571. The summed E-state index contributed by atoms with van der Waals surface area (Å²) in [6.45, 7) is 5.06. The average molecular weight is 126 g/mol. The van der Waals surface area contributed by atoms with Gasteiger partial charge in [-0.3, -0.25) is 0 Å². The van der Waals surface area contributed by atoms with Gasteiger partial charge in [0.15, 0.2) is 12.3 Å². The van der Waals surface area contributed by atoms with Crippen LogP contribution in [-0.4, -0.2) is 0 Å². The summed E-state index contributed by atoms with van der Waals surface area (Å²) < 4.78 is 7.08. The molecule has 0 aliphatic rings. The first-order valence-electron chi connectivity index (χ1n) is 3.29. The van der Waals surface area contributed by atoms with Crippen LogP contribution in [0.4, 0.5) is 0 Å². The summed E-state index contributed by atoms with van der Waals surface area (Å²) in [5.41, 5.74) is 0. The zero-order valence-corrected chi connectivity index (χ0v) is 5.92. The molecular weight excluding hydrogens is 114 g/mol. The number of hydrogen-bond donors (Lipinski definition) is 0. The molecular formula is C7H12NO+. The predicted molar refractivity (Wildman–Crippen MR) is 33.9 cm³/mol. The van der Waals surface area contributed by atoms with Gasteiger partial charge in [0.25, 0.3) is 0 Å². The van der Waals surface area contributed by atoms with Crippen LogP contribution < -0.4 is 4.74 Å². The van der Waals surface area contributed by atoms with E-state index in [1.54, 1.807) is 0 Å². The maximum absolute atomic E-state index is 5.24. The molecule has 0 aliphatic heterocycles. The van der Waals surface area contributed by atoms with Crippen LogP contribution in [0.2, 0.25) is 0 Å². The van der Waals surface area contributed by atoms with Crippen LogP contribution in [0, 0.1) is 6.92 Å². The van der Waals surface area contributed by atoms with Crippen molar-refractivity contribution in [2.24, 2.45) is 0 Å². The van der Waals surface area contributed by atoms with Crippen molar-refractivity contribution in [1.29, 1.82) is 0 Å². The lowest BCUT2D eigenvalue weighted by Crippen LogP contribution is -2.29. The molecule has 0 atom stereocenters. The number of aryl methyl sites for hydroxylation is 2. The summed E-state index contributed by atoms with van der Waals surface area (Å²) in [5, 5.41) is 0. The van der Waals surface area contributed by atoms with Crippen molar-refractivity contribution in [1.82, 2.24) is 0 Å². The van der Waals surface area contributed by atoms with Gasteiger partial charge >= 0.3 is 0 Å². The third kappa shape index (κ3) is 1.56. The highest BCUT2D eigenvalue weighted by molar-refractivity contribution is 4.84. The van der Waals surface area contributed by atoms with Gasteiger partial charge in [0, 0.05) is 13.3 Å². The third-order valence-corrected chi connectivity index (χ3v) is 1.18. The minimum Gasteiger partial charge on any atom is -0.242 e. The molecule has 1 aromatic rings. The van der Waals surface area contributed by atoms with E-state index in [4.69, 9.17) is 4.52 Å². The Hall–Kier alpha value is -0.790. The quantitative estimate of drug-likeness (QED) is 0.545. The Morgan fingerprint density at radius 3 is 2.89 bits per heavy atom. The summed E-state index contributed by atoms with van der Waals surface area (Å²) in [5.74, 6) is 0.975. The molecule has 0 saturated carbocycles. The van der Waals surface area contributed by atoms with Gasteiger partial charge in [-0.25, -0.2) is 4.52 Å². The first-order chi connectivity index (χ1) is 4.33. The van der Waals surface area contributed by atoms with Crippen LogP contribution in [0.1, 0.15) is 19.1 Å². The van der Waals surface area contributed by atoms with Gasteiger partial charge < -0.3 is 0 Å². The van der Waals surface area contributed by atoms with Gasteiger partial charge in [-0.1, -0.05) is 6.92 Å². The maximum Gasteiger partial charge on any atom is 0.219 e. The van der Waals surface area contributed by atoms with Crippen LogP contribution in [0.3, 0.4) is 0 Å². The minimum atomic E-state index is 0.975. The largest absolute Gasteiger partial charge is 0.242 e. The molecule has 0 spiro atoms. The van der Waals surface area contributed by atoms with Crippen LogP contribution in [0.15, 0.2) is 16.8 Å². The van der Waals surface area contributed by atoms with Crippen molar-refractivity contribution < 1.29 is 9.26 Å². The Bertz CT molecular complexity index is 181. The first kappa shape index (κ1) is 6.33. The number of aromatic nitrogens is 1. The predicted octanol–water partition coefficient (Wildman–Crippen LogP) is 1.29. The number of rotatable bonds is 2. The molecule has 0 aliphatic carbocycles. The van der Waals surface area contributed by atoms with Crippen molar-refractivity contribution >= 4 is 0 Å². The summed E-state index contributed by atoms with van der Waals surface area (Å²) in [4.78, 5) is 0. The summed E-state index contributed by atoms with van der Waals surface area (Å²) >= 11 is 0. The van der Waals surface area contributed by atoms with E-state index in [1.807, 2.05) is 23.9 Å². The highest BCUT2D eigenvalue weighted by Crippen LogP contribution is 1.89. The van der Waals surface area contributed by atoms with Crippen molar-refractivity contribution in [2.45, 2.75) is 26.8 Å². The summed E-state index contributed by atoms with van der Waals surface area (Å²) in [6, 6.07) is 1.97. The Balaban J connectivity index is 2.61. The fourth-order valence-corrected chi connectivity index (χ4v) is 0.774. The van der Waals surface area contributed by atoms with Gasteiger partial charge in [-0.2, -0.15) is 0 Å². The smallest absolute Gasteiger partial charge is 0.219 e. The van der Waals surface area contributed by atoms with Gasteiger partial charge in [0.1, 0.15) is 0 Å². The van der Waals surface area contributed by atoms with Gasteiger partial charge in [0.05, 0.1) is 6.07 Å². The standard InChI is InChI=1S/C7H12NO/c1-3-5-8-6-4-7(2)9-8/h4,6H,3,5H2,1-2H3/q+1. The van der Waals surface area contributed by atoms with E-state index in [9.17, 15) is 0 Å². The molecule has 0 aromatic carbocycles. The Kier molecular flexibility index (Phi) is 1.88. The molecule has 1 aromatic heterocycles. The lowest BCUT2D eigenvalue weighted by Gasteiger charge is -1.80. The Morgan fingerprint density at radius 1 is 1.67 bits per heavy atom. The summed E-state index contributed by atoms with van der Waals surface area (Å²) in [7, 11) is 0. The molecule has 2 heteroatoms. The highest BCUT2D eigenvalue weighted by atomic mass is 16.5. The number of hydrogen-bond acceptors (Lipinski definition) is 1.